The molecule has 0 aromatic carbocycles. The molecule has 8 heteroatoms. The van der Waals surface area contributed by atoms with Gasteiger partial charge in [-0.3, -0.25) is 0 Å². The van der Waals surface area contributed by atoms with Crippen molar-refractivity contribution in [1.82, 2.24) is 4.98 Å². The highest BCUT2D eigenvalue weighted by atomic mass is 127. The molecule has 0 unspecified atom stereocenters. The van der Waals surface area contributed by atoms with Crippen LogP contribution in [0.5, 0.6) is 0 Å². The Hall–Kier alpha value is -0.180. The molecule has 1 aromatic heterocycles. The number of halogens is 7. The summed E-state index contributed by atoms with van der Waals surface area (Å²) >= 11 is 6.93. The lowest BCUT2D eigenvalue weighted by molar-refractivity contribution is -0.143. The molecule has 0 atom stereocenters. The number of hydrogen-bond donors (Lipinski definition) is 0. The van der Waals surface area contributed by atoms with Crippen molar-refractivity contribution in [3.63, 3.8) is 0 Å². The van der Waals surface area contributed by atoms with Gasteiger partial charge >= 0.3 is 6.18 Å². The van der Waals surface area contributed by atoms with Gasteiger partial charge in [-0.25, -0.2) is 13.8 Å². The minimum absolute atomic E-state index is 0.0238. The van der Waals surface area contributed by atoms with E-state index in [2.05, 4.69) is 4.98 Å². The van der Waals surface area contributed by atoms with E-state index in [1.807, 2.05) is 0 Å². The molecule has 16 heavy (non-hydrogen) atoms. The Labute approximate surface area is 106 Å². The van der Waals surface area contributed by atoms with Crippen LogP contribution in [0.15, 0.2) is 6.07 Å². The van der Waals surface area contributed by atoms with Crippen LogP contribution in [0, 0.1) is 3.70 Å². The fraction of sp³-hybridized carbons (Fsp3) is 0.375. The van der Waals surface area contributed by atoms with Crippen LogP contribution in [0.4, 0.5) is 22.0 Å². The van der Waals surface area contributed by atoms with Crippen LogP contribution in [0.2, 0.25) is 0 Å². The second-order valence-corrected chi connectivity index (χ2v) is 4.10. The van der Waals surface area contributed by atoms with E-state index in [-0.39, 0.29) is 15.1 Å². The fourth-order valence-electron chi connectivity index (χ4n) is 1.04. The van der Waals surface area contributed by atoms with Gasteiger partial charge in [-0.05, 0) is 34.2 Å². The van der Waals surface area contributed by atoms with Gasteiger partial charge in [-0.1, -0.05) is 0 Å². The summed E-state index contributed by atoms with van der Waals surface area (Å²) in [6.45, 7) is 0. The summed E-state index contributed by atoms with van der Waals surface area (Å²) in [6.07, 6.45) is -8.13. The van der Waals surface area contributed by atoms with E-state index in [1.54, 1.807) is 0 Å². The largest absolute Gasteiger partial charge is 0.433 e. The first-order chi connectivity index (χ1) is 7.27. The van der Waals surface area contributed by atoms with E-state index in [0.717, 1.165) is 6.07 Å². The van der Waals surface area contributed by atoms with Gasteiger partial charge in [-0.15, -0.1) is 11.6 Å². The van der Waals surface area contributed by atoms with E-state index < -0.39 is 23.9 Å². The lowest BCUT2D eigenvalue weighted by Crippen LogP contribution is -2.14. The number of aromatic nitrogens is 1. The van der Waals surface area contributed by atoms with Crippen molar-refractivity contribution in [3.8, 4) is 0 Å². The molecule has 1 aromatic rings. The molecule has 1 heterocycles. The molecule has 0 N–H and O–H groups in total. The predicted octanol–water partition coefficient (Wildman–Crippen LogP) is 4.38. The molecule has 0 aliphatic rings. The van der Waals surface area contributed by atoms with Crippen LogP contribution >= 0.6 is 34.2 Å². The number of hydrogen-bond acceptors (Lipinski definition) is 1. The minimum atomic E-state index is -4.89. The van der Waals surface area contributed by atoms with Gasteiger partial charge in [0.1, 0.15) is 3.70 Å². The van der Waals surface area contributed by atoms with Crippen LogP contribution in [-0.2, 0) is 12.1 Å². The molecular formula is C8H4ClF5IN. The van der Waals surface area contributed by atoms with Gasteiger partial charge in [0.05, 0.1) is 0 Å². The second-order valence-electron chi connectivity index (χ2n) is 2.81. The molecule has 0 saturated carbocycles. The lowest BCUT2D eigenvalue weighted by atomic mass is 10.1. The highest BCUT2D eigenvalue weighted by Crippen LogP contribution is 2.36. The summed E-state index contributed by atoms with van der Waals surface area (Å²) in [5.74, 6) is -0.164. The second kappa shape index (κ2) is 4.99. The summed E-state index contributed by atoms with van der Waals surface area (Å²) in [4.78, 5) is 3.13. The molecule has 0 amide bonds. The van der Waals surface area contributed by atoms with Crippen LogP contribution in [0.25, 0.3) is 0 Å². The lowest BCUT2D eigenvalue weighted by Gasteiger charge is -2.13. The van der Waals surface area contributed by atoms with Gasteiger partial charge in [0, 0.05) is 11.4 Å². The van der Waals surface area contributed by atoms with Crippen LogP contribution in [-0.4, -0.2) is 4.98 Å². The Morgan fingerprint density at radius 2 is 1.94 bits per heavy atom. The average Bonchev–Trinajstić information content (AvgIpc) is 2.15. The molecule has 0 aliphatic heterocycles. The molecule has 0 fully saturated rings. The Balaban J connectivity index is 3.42. The zero-order valence-corrected chi connectivity index (χ0v) is 10.4. The molecule has 0 bridgehead atoms. The van der Waals surface area contributed by atoms with Crippen molar-refractivity contribution in [1.29, 1.82) is 0 Å². The molecule has 0 spiro atoms. The highest BCUT2D eigenvalue weighted by molar-refractivity contribution is 14.1. The minimum Gasteiger partial charge on any atom is -0.237 e. The average molecular weight is 371 g/mol. The third-order valence-electron chi connectivity index (χ3n) is 1.73. The molecule has 0 radical (unpaired) electrons. The molecule has 90 valence electrons. The smallest absolute Gasteiger partial charge is 0.237 e. The van der Waals surface area contributed by atoms with Crippen molar-refractivity contribution < 1.29 is 22.0 Å². The van der Waals surface area contributed by atoms with E-state index in [9.17, 15) is 22.0 Å². The maximum atomic E-state index is 12.4. The molecule has 0 aliphatic carbocycles. The van der Waals surface area contributed by atoms with Gasteiger partial charge in [0.15, 0.2) is 5.69 Å². The first-order valence-corrected chi connectivity index (χ1v) is 5.49. The van der Waals surface area contributed by atoms with Crippen molar-refractivity contribution in [2.45, 2.75) is 18.5 Å². The van der Waals surface area contributed by atoms with E-state index in [4.69, 9.17) is 11.6 Å². The Morgan fingerprint density at radius 1 is 1.38 bits per heavy atom. The third kappa shape index (κ3) is 2.93. The zero-order chi connectivity index (χ0) is 12.5. The normalized spacial score (nSPS) is 12.2. The Kier molecular flexibility index (Phi) is 4.33. The number of rotatable bonds is 2. The molecule has 1 nitrogen and oxygen atoms in total. The Morgan fingerprint density at radius 3 is 2.31 bits per heavy atom. The number of nitrogens with zero attached hydrogens (tertiary/aromatic N) is 1. The first kappa shape index (κ1) is 13.9. The third-order valence-corrected chi connectivity index (χ3v) is 2.95. The molecule has 0 saturated heterocycles. The van der Waals surface area contributed by atoms with E-state index in [1.165, 1.54) is 22.6 Å². The van der Waals surface area contributed by atoms with Crippen LogP contribution in [0.3, 0.4) is 0 Å². The van der Waals surface area contributed by atoms with E-state index >= 15 is 0 Å². The predicted molar refractivity (Wildman–Crippen MR) is 56.5 cm³/mol. The fourth-order valence-corrected chi connectivity index (χ4v) is 2.05. The van der Waals surface area contributed by atoms with Crippen molar-refractivity contribution in [2.75, 3.05) is 0 Å². The summed E-state index contributed by atoms with van der Waals surface area (Å²) in [7, 11) is 0. The molecular weight excluding hydrogens is 367 g/mol. The maximum Gasteiger partial charge on any atom is 0.433 e. The van der Waals surface area contributed by atoms with Crippen LogP contribution < -0.4 is 0 Å². The SMILES string of the molecule is FC(F)c1cc(CCl)c(I)nc1C(F)(F)F. The van der Waals surface area contributed by atoms with Gasteiger partial charge < -0.3 is 0 Å². The first-order valence-electron chi connectivity index (χ1n) is 3.88. The number of alkyl halides is 6. The van der Waals surface area contributed by atoms with Gasteiger partial charge in [-0.2, -0.15) is 13.2 Å². The summed E-state index contributed by atoms with van der Waals surface area (Å²) in [5, 5.41) is 0. The van der Waals surface area contributed by atoms with Gasteiger partial charge in [0.2, 0.25) is 0 Å². The topological polar surface area (TPSA) is 12.9 Å². The standard InChI is InChI=1S/C8H4ClF5IN/c9-2-3-1-4(6(10)11)5(8(12,13)14)16-7(3)15/h1,6H,2H2. The highest BCUT2D eigenvalue weighted by Gasteiger charge is 2.38. The summed E-state index contributed by atoms with van der Waals surface area (Å²) in [5.41, 5.74) is -2.53. The quantitative estimate of drug-likeness (QED) is 0.325. The Bertz CT molecular complexity index is 393. The zero-order valence-electron chi connectivity index (χ0n) is 7.45. The summed E-state index contributed by atoms with van der Waals surface area (Å²) in [6, 6.07) is 0.745. The van der Waals surface area contributed by atoms with Crippen LogP contribution in [0.1, 0.15) is 23.2 Å². The van der Waals surface area contributed by atoms with Crippen molar-refractivity contribution in [2.24, 2.45) is 0 Å². The van der Waals surface area contributed by atoms with Gasteiger partial charge in [0.25, 0.3) is 6.43 Å². The van der Waals surface area contributed by atoms with Crippen molar-refractivity contribution >= 4 is 34.2 Å². The summed E-state index contributed by atoms with van der Waals surface area (Å²) < 4.78 is 62.0. The van der Waals surface area contributed by atoms with Crippen molar-refractivity contribution in [3.05, 3.63) is 26.6 Å². The number of pyridine rings is 1. The monoisotopic (exact) mass is 371 g/mol. The van der Waals surface area contributed by atoms with E-state index in [0.29, 0.717) is 0 Å². The molecule has 1 rings (SSSR count). The maximum absolute atomic E-state index is 12.4.